The highest BCUT2D eigenvalue weighted by Gasteiger charge is 2.26. The summed E-state index contributed by atoms with van der Waals surface area (Å²) in [5.74, 6) is -1.49. The molecule has 0 aliphatic heterocycles. The summed E-state index contributed by atoms with van der Waals surface area (Å²) in [7, 11) is 0. The molecule has 1 aromatic heterocycles. The van der Waals surface area contributed by atoms with E-state index >= 15 is 0 Å². The van der Waals surface area contributed by atoms with Gasteiger partial charge in [-0.15, -0.1) is 0 Å². The minimum Gasteiger partial charge on any atom is -0.422 e. The van der Waals surface area contributed by atoms with Crippen LogP contribution >= 0.6 is 0 Å². The Morgan fingerprint density at radius 3 is 2.26 bits per heavy atom. The predicted molar refractivity (Wildman–Crippen MR) is 154 cm³/mol. The number of carbonyl (C=O) groups excluding carboxylic acids is 3. The summed E-state index contributed by atoms with van der Waals surface area (Å²) < 4.78 is 10.7. The van der Waals surface area contributed by atoms with Gasteiger partial charge in [0.2, 0.25) is 0 Å². The number of fused-ring (bicyclic) bond motifs is 1. The van der Waals surface area contributed by atoms with Crippen LogP contribution in [0.4, 0.5) is 0 Å². The fourth-order valence-electron chi connectivity index (χ4n) is 4.76. The highest BCUT2D eigenvalue weighted by molar-refractivity contribution is 6.03. The normalized spacial score (nSPS) is 16.4. The maximum atomic E-state index is 12.6. The second-order valence-corrected chi connectivity index (χ2v) is 10.8. The molecule has 39 heavy (non-hydrogen) atoms. The topological polar surface area (TPSA) is 90.7 Å². The summed E-state index contributed by atoms with van der Waals surface area (Å²) in [5, 5.41) is 0.383. The van der Waals surface area contributed by atoms with Crippen LogP contribution in [-0.4, -0.2) is 17.5 Å². The maximum absolute atomic E-state index is 12.6. The number of hydrogen-bond donors (Lipinski definition) is 0. The zero-order valence-corrected chi connectivity index (χ0v) is 23.8. The van der Waals surface area contributed by atoms with Crippen molar-refractivity contribution < 1.29 is 23.5 Å². The molecule has 1 aliphatic rings. The number of hydrogen-bond acceptors (Lipinski definition) is 6. The molecule has 0 saturated heterocycles. The van der Waals surface area contributed by atoms with Crippen LogP contribution in [0.5, 0.6) is 5.75 Å². The lowest BCUT2D eigenvalue weighted by Gasteiger charge is -2.32. The summed E-state index contributed by atoms with van der Waals surface area (Å²) in [5.41, 5.74) is 4.11. The van der Waals surface area contributed by atoms with Gasteiger partial charge in [-0.05, 0) is 82.6 Å². The van der Waals surface area contributed by atoms with E-state index in [1.165, 1.54) is 62.1 Å². The van der Waals surface area contributed by atoms with Crippen molar-refractivity contribution in [1.29, 1.82) is 0 Å². The van der Waals surface area contributed by atoms with Crippen molar-refractivity contribution in [2.75, 3.05) is 0 Å². The highest BCUT2D eigenvalue weighted by atomic mass is 16.5. The third kappa shape index (κ3) is 7.50. The Kier molecular flexibility index (Phi) is 9.23. The van der Waals surface area contributed by atoms with E-state index in [-0.39, 0.29) is 33.7 Å². The van der Waals surface area contributed by atoms with E-state index in [4.69, 9.17) is 9.15 Å². The van der Waals surface area contributed by atoms with E-state index in [9.17, 15) is 19.2 Å². The fourth-order valence-corrected chi connectivity index (χ4v) is 4.76. The molecule has 1 heterocycles. The zero-order chi connectivity index (χ0) is 28.9. The van der Waals surface area contributed by atoms with Crippen molar-refractivity contribution in [2.45, 2.75) is 67.7 Å². The van der Waals surface area contributed by atoms with Crippen molar-refractivity contribution in [2.24, 2.45) is 5.41 Å². The van der Waals surface area contributed by atoms with E-state index in [1.807, 2.05) is 19.1 Å². The van der Waals surface area contributed by atoms with Crippen LogP contribution in [0, 0.1) is 5.41 Å². The first-order valence-electron chi connectivity index (χ1n) is 13.1. The summed E-state index contributed by atoms with van der Waals surface area (Å²) in [6, 6.07) is 4.13. The maximum Gasteiger partial charge on any atom is 0.347 e. The molecule has 0 atom stereocenters. The fraction of sp³-hybridized carbons (Fsp3) is 0.333. The van der Waals surface area contributed by atoms with E-state index in [0.717, 1.165) is 12.0 Å². The Morgan fingerprint density at radius 2 is 1.62 bits per heavy atom. The van der Waals surface area contributed by atoms with Crippen LogP contribution in [0.2, 0.25) is 0 Å². The third-order valence-electron chi connectivity index (χ3n) is 6.92. The molecule has 0 saturated carbocycles. The van der Waals surface area contributed by atoms with E-state index in [0.29, 0.717) is 11.0 Å². The molecule has 0 spiro atoms. The van der Waals surface area contributed by atoms with Crippen LogP contribution in [0.15, 0.2) is 86.2 Å². The average Bonchev–Trinajstić information content (AvgIpc) is 2.82. The van der Waals surface area contributed by atoms with Gasteiger partial charge >= 0.3 is 11.6 Å². The number of ether oxygens (including phenoxy) is 1. The SMILES string of the molecule is CC(=O)c1cc2cc(C(C)=O)c(=O)oc2cc1OC(=O)C=C(C)C=CC=C(C)C=CC1=C(C)CCCC1(C)C. The van der Waals surface area contributed by atoms with Crippen LogP contribution < -0.4 is 10.4 Å². The van der Waals surface area contributed by atoms with Crippen molar-refractivity contribution in [3.8, 4) is 5.75 Å². The minimum absolute atomic E-state index is 0.0251. The lowest BCUT2D eigenvalue weighted by molar-refractivity contribution is -0.129. The highest BCUT2D eigenvalue weighted by Crippen LogP contribution is 2.40. The Bertz CT molecular complexity index is 1540. The van der Waals surface area contributed by atoms with Gasteiger partial charge in [0.1, 0.15) is 16.9 Å². The molecule has 6 nitrogen and oxygen atoms in total. The molecule has 0 radical (unpaired) electrons. The molecule has 0 amide bonds. The lowest BCUT2D eigenvalue weighted by Crippen LogP contribution is -2.19. The second-order valence-electron chi connectivity index (χ2n) is 10.8. The molecule has 0 unspecified atom stereocenters. The smallest absolute Gasteiger partial charge is 0.347 e. The molecule has 6 heteroatoms. The van der Waals surface area contributed by atoms with Gasteiger partial charge in [0.25, 0.3) is 0 Å². The van der Waals surface area contributed by atoms with Gasteiger partial charge in [0.15, 0.2) is 11.6 Å². The van der Waals surface area contributed by atoms with Crippen LogP contribution in [-0.2, 0) is 4.79 Å². The molecule has 204 valence electrons. The number of rotatable bonds is 8. The predicted octanol–water partition coefficient (Wildman–Crippen LogP) is 7.64. The zero-order valence-electron chi connectivity index (χ0n) is 23.8. The molecule has 1 aromatic carbocycles. The van der Waals surface area contributed by atoms with Gasteiger partial charge < -0.3 is 9.15 Å². The number of Topliss-reactive ketones (excluding diaryl/α,β-unsaturated/α-hetero) is 2. The number of ketones is 2. The summed E-state index contributed by atoms with van der Waals surface area (Å²) >= 11 is 0. The monoisotopic (exact) mass is 528 g/mol. The molecule has 3 rings (SSSR count). The lowest BCUT2D eigenvalue weighted by atomic mass is 9.72. The first-order chi connectivity index (χ1) is 18.3. The van der Waals surface area contributed by atoms with Crippen LogP contribution in [0.1, 0.15) is 88.4 Å². The number of carbonyl (C=O) groups is 3. The van der Waals surface area contributed by atoms with E-state index in [2.05, 4.69) is 32.9 Å². The van der Waals surface area contributed by atoms with Crippen LogP contribution in [0.3, 0.4) is 0 Å². The number of benzene rings is 1. The standard InChI is InChI=1S/C33H36O6/c1-20(13-14-28-22(3)12-9-15-33(28,6)7)10-8-11-21(2)16-31(36)38-30-19-29-25(17-26(30)23(4)34)18-27(24(5)35)32(37)39-29/h8,10-11,13-14,16-19H,9,12,15H2,1-7H3. The van der Waals surface area contributed by atoms with E-state index < -0.39 is 17.4 Å². The first-order valence-corrected chi connectivity index (χ1v) is 13.1. The Morgan fingerprint density at radius 1 is 0.949 bits per heavy atom. The summed E-state index contributed by atoms with van der Waals surface area (Å²) in [6.07, 6.45) is 14.8. The van der Waals surface area contributed by atoms with Crippen molar-refractivity contribution in [3.63, 3.8) is 0 Å². The van der Waals surface area contributed by atoms with Gasteiger partial charge in [-0.25, -0.2) is 9.59 Å². The van der Waals surface area contributed by atoms with Crippen molar-refractivity contribution >= 4 is 28.5 Å². The molecular weight excluding hydrogens is 492 g/mol. The Balaban J connectivity index is 1.76. The largest absolute Gasteiger partial charge is 0.422 e. The van der Waals surface area contributed by atoms with Gasteiger partial charge in [0.05, 0.1) is 5.56 Å². The molecule has 0 bridgehead atoms. The molecule has 0 N–H and O–H groups in total. The van der Waals surface area contributed by atoms with Crippen molar-refractivity contribution in [1.82, 2.24) is 0 Å². The Labute approximate surface area is 229 Å². The molecule has 1 aliphatic carbocycles. The first kappa shape index (κ1) is 29.5. The van der Waals surface area contributed by atoms with Crippen LogP contribution in [0.25, 0.3) is 11.0 Å². The quantitative estimate of drug-likeness (QED) is 0.0873. The third-order valence-corrected chi connectivity index (χ3v) is 6.92. The van der Waals surface area contributed by atoms with Crippen molar-refractivity contribution in [3.05, 3.63) is 98.5 Å². The minimum atomic E-state index is -0.795. The number of esters is 1. The van der Waals surface area contributed by atoms with E-state index in [1.54, 1.807) is 13.0 Å². The second kappa shape index (κ2) is 12.2. The molecule has 0 fully saturated rings. The van der Waals surface area contributed by atoms with Gasteiger partial charge in [-0.2, -0.15) is 0 Å². The van der Waals surface area contributed by atoms with Gasteiger partial charge in [-0.3, -0.25) is 9.59 Å². The molecular formula is C33H36O6. The van der Waals surface area contributed by atoms with Gasteiger partial charge in [0, 0.05) is 17.5 Å². The summed E-state index contributed by atoms with van der Waals surface area (Å²) in [4.78, 5) is 48.6. The molecule has 2 aromatic rings. The Hall–Kier alpha value is -4.06. The van der Waals surface area contributed by atoms with Gasteiger partial charge in [-0.1, -0.05) is 55.4 Å². The number of allylic oxidation sites excluding steroid dienone is 9. The average molecular weight is 529 g/mol. The summed E-state index contributed by atoms with van der Waals surface area (Å²) in [6.45, 7) is 13.2.